The third kappa shape index (κ3) is 3.04. The molecule has 26 heavy (non-hydrogen) atoms. The first kappa shape index (κ1) is 17.3. The Morgan fingerprint density at radius 2 is 1.54 bits per heavy atom. The number of rotatable bonds is 3. The second kappa shape index (κ2) is 7.22. The largest absolute Gasteiger partial charge is 0.325 e. The van der Waals surface area contributed by atoms with Gasteiger partial charge in [-0.2, -0.15) is 0 Å². The molecular formula is C21H26N2O3. The predicted molar refractivity (Wildman–Crippen MR) is 99.0 cm³/mol. The Hall–Kier alpha value is -2.17. The van der Waals surface area contributed by atoms with E-state index in [2.05, 4.69) is 5.32 Å². The van der Waals surface area contributed by atoms with E-state index >= 15 is 0 Å². The van der Waals surface area contributed by atoms with Gasteiger partial charge < -0.3 is 5.32 Å². The fourth-order valence-corrected chi connectivity index (χ4v) is 4.68. The van der Waals surface area contributed by atoms with Crippen LogP contribution in [-0.2, 0) is 4.79 Å². The van der Waals surface area contributed by atoms with Gasteiger partial charge in [-0.3, -0.25) is 19.3 Å². The molecule has 3 amide bonds. The number of nitrogens with zero attached hydrogens (tertiary/aromatic N) is 1. The molecule has 0 radical (unpaired) electrons. The van der Waals surface area contributed by atoms with Crippen LogP contribution in [0.25, 0.3) is 0 Å². The predicted octanol–water partition coefficient (Wildman–Crippen LogP) is 4.13. The highest BCUT2D eigenvalue weighted by Gasteiger charge is 2.42. The first-order chi connectivity index (χ1) is 12.7. The molecule has 3 aliphatic rings. The lowest BCUT2D eigenvalue weighted by molar-refractivity contribution is -0.120. The molecule has 0 bridgehead atoms. The quantitative estimate of drug-likeness (QED) is 0.830. The number of hydrogen-bond donors (Lipinski definition) is 1. The molecule has 0 atom stereocenters. The first-order valence-electron chi connectivity index (χ1n) is 9.98. The van der Waals surface area contributed by atoms with Gasteiger partial charge in [0, 0.05) is 12.0 Å². The Balaban J connectivity index is 1.58. The molecule has 0 unspecified atom stereocenters. The van der Waals surface area contributed by atoms with Crippen molar-refractivity contribution in [3.8, 4) is 0 Å². The fraction of sp³-hybridized carbons (Fsp3) is 0.571. The Bertz CT molecular complexity index is 731. The Morgan fingerprint density at radius 3 is 2.23 bits per heavy atom. The average Bonchev–Trinajstić information content (AvgIpc) is 2.94. The van der Waals surface area contributed by atoms with Crippen LogP contribution in [0.2, 0.25) is 0 Å². The number of anilines is 1. The summed E-state index contributed by atoms with van der Waals surface area (Å²) < 4.78 is 0. The molecular weight excluding hydrogens is 328 g/mol. The number of carbonyl (C=O) groups excluding carboxylic acids is 3. The van der Waals surface area contributed by atoms with Crippen molar-refractivity contribution < 1.29 is 14.4 Å². The maximum Gasteiger partial charge on any atom is 0.263 e. The average molecular weight is 354 g/mol. The normalized spacial score (nSPS) is 21.8. The van der Waals surface area contributed by atoms with Crippen molar-refractivity contribution in [3.63, 3.8) is 0 Å². The summed E-state index contributed by atoms with van der Waals surface area (Å²) in [5.74, 6) is -0.446. The molecule has 1 heterocycles. The number of carbonyl (C=O) groups is 3. The molecule has 1 aliphatic heterocycles. The Morgan fingerprint density at radius 1 is 0.885 bits per heavy atom. The highest BCUT2D eigenvalue weighted by Crippen LogP contribution is 2.35. The van der Waals surface area contributed by atoms with E-state index in [1.165, 1.54) is 17.7 Å². The van der Waals surface area contributed by atoms with E-state index in [0.717, 1.165) is 51.4 Å². The molecule has 4 rings (SSSR count). The smallest absolute Gasteiger partial charge is 0.263 e. The summed E-state index contributed by atoms with van der Waals surface area (Å²) in [5, 5.41) is 2.95. The monoisotopic (exact) mass is 354 g/mol. The van der Waals surface area contributed by atoms with Crippen LogP contribution in [0.5, 0.6) is 0 Å². The first-order valence-corrected chi connectivity index (χ1v) is 9.98. The van der Waals surface area contributed by atoms with E-state index in [0.29, 0.717) is 16.8 Å². The van der Waals surface area contributed by atoms with Crippen LogP contribution in [0.1, 0.15) is 84.9 Å². The van der Waals surface area contributed by atoms with Gasteiger partial charge in [-0.05, 0) is 37.8 Å². The van der Waals surface area contributed by atoms with Gasteiger partial charge >= 0.3 is 0 Å². The SMILES string of the molecule is O=C(Nc1cccc2c1C(=O)N(C1CCCCC1)C2=O)C1CCCCC1. The van der Waals surface area contributed by atoms with Gasteiger partial charge in [-0.15, -0.1) is 0 Å². The van der Waals surface area contributed by atoms with Gasteiger partial charge in [0.1, 0.15) is 0 Å². The van der Waals surface area contributed by atoms with Gasteiger partial charge in [-0.25, -0.2) is 0 Å². The van der Waals surface area contributed by atoms with Crippen molar-refractivity contribution in [2.75, 3.05) is 5.32 Å². The number of benzene rings is 1. The van der Waals surface area contributed by atoms with E-state index in [9.17, 15) is 14.4 Å². The van der Waals surface area contributed by atoms with Crippen LogP contribution in [0.15, 0.2) is 18.2 Å². The lowest BCUT2D eigenvalue weighted by atomic mass is 9.88. The molecule has 5 heteroatoms. The Kier molecular flexibility index (Phi) is 4.79. The van der Waals surface area contributed by atoms with Crippen LogP contribution in [0.4, 0.5) is 5.69 Å². The molecule has 2 aliphatic carbocycles. The standard InChI is InChI=1S/C21H26N2O3/c24-19(14-8-3-1-4-9-14)22-17-13-7-12-16-18(17)21(26)23(20(16)25)15-10-5-2-6-11-15/h7,12-15H,1-6,8-11H2,(H,22,24). The highest BCUT2D eigenvalue weighted by molar-refractivity contribution is 6.24. The third-order valence-electron chi connectivity index (χ3n) is 6.12. The number of amides is 3. The van der Waals surface area contributed by atoms with Gasteiger partial charge in [0.05, 0.1) is 16.8 Å². The fourth-order valence-electron chi connectivity index (χ4n) is 4.68. The van der Waals surface area contributed by atoms with Crippen molar-refractivity contribution in [2.24, 2.45) is 5.92 Å². The second-order valence-electron chi connectivity index (χ2n) is 7.82. The molecule has 0 spiro atoms. The zero-order chi connectivity index (χ0) is 18.1. The molecule has 0 aromatic heterocycles. The lowest BCUT2D eigenvalue weighted by Gasteiger charge is -2.29. The molecule has 138 valence electrons. The van der Waals surface area contributed by atoms with Crippen LogP contribution < -0.4 is 5.32 Å². The summed E-state index contributed by atoms with van der Waals surface area (Å²) in [6.07, 6.45) is 10.2. The summed E-state index contributed by atoms with van der Waals surface area (Å²) in [7, 11) is 0. The maximum absolute atomic E-state index is 13.0. The van der Waals surface area contributed by atoms with Crippen molar-refractivity contribution >= 4 is 23.4 Å². The summed E-state index contributed by atoms with van der Waals surface area (Å²) in [4.78, 5) is 39.9. The van der Waals surface area contributed by atoms with E-state index in [4.69, 9.17) is 0 Å². The number of nitrogens with one attached hydrogen (secondary N) is 1. The molecule has 2 saturated carbocycles. The van der Waals surface area contributed by atoms with Crippen LogP contribution in [-0.4, -0.2) is 28.7 Å². The highest BCUT2D eigenvalue weighted by atomic mass is 16.2. The molecule has 2 fully saturated rings. The van der Waals surface area contributed by atoms with E-state index in [1.807, 2.05) is 0 Å². The van der Waals surface area contributed by atoms with Crippen molar-refractivity contribution in [2.45, 2.75) is 70.3 Å². The van der Waals surface area contributed by atoms with Crippen LogP contribution >= 0.6 is 0 Å². The van der Waals surface area contributed by atoms with Crippen LogP contribution in [0, 0.1) is 5.92 Å². The minimum atomic E-state index is -0.239. The van der Waals surface area contributed by atoms with Crippen molar-refractivity contribution in [1.29, 1.82) is 0 Å². The number of imide groups is 1. The molecule has 1 aromatic carbocycles. The van der Waals surface area contributed by atoms with Gasteiger partial charge in [0.15, 0.2) is 0 Å². The van der Waals surface area contributed by atoms with E-state index in [-0.39, 0.29) is 29.7 Å². The third-order valence-corrected chi connectivity index (χ3v) is 6.12. The molecule has 5 nitrogen and oxygen atoms in total. The topological polar surface area (TPSA) is 66.5 Å². The van der Waals surface area contributed by atoms with Gasteiger partial charge in [-0.1, -0.05) is 44.6 Å². The summed E-state index contributed by atoms with van der Waals surface area (Å²) >= 11 is 0. The number of fused-ring (bicyclic) bond motifs is 1. The van der Waals surface area contributed by atoms with Gasteiger partial charge in [0.25, 0.3) is 11.8 Å². The summed E-state index contributed by atoms with van der Waals surface area (Å²) in [6, 6.07) is 5.20. The molecule has 0 saturated heterocycles. The van der Waals surface area contributed by atoms with Gasteiger partial charge in [0.2, 0.25) is 5.91 Å². The zero-order valence-corrected chi connectivity index (χ0v) is 15.1. The summed E-state index contributed by atoms with van der Waals surface area (Å²) in [5.41, 5.74) is 1.31. The number of hydrogen-bond acceptors (Lipinski definition) is 3. The minimum Gasteiger partial charge on any atom is -0.325 e. The van der Waals surface area contributed by atoms with Crippen molar-refractivity contribution in [3.05, 3.63) is 29.3 Å². The Labute approximate surface area is 154 Å². The van der Waals surface area contributed by atoms with E-state index in [1.54, 1.807) is 18.2 Å². The molecule has 1 aromatic rings. The lowest BCUT2D eigenvalue weighted by Crippen LogP contribution is -2.41. The zero-order valence-electron chi connectivity index (χ0n) is 15.1. The maximum atomic E-state index is 13.0. The van der Waals surface area contributed by atoms with Crippen molar-refractivity contribution in [1.82, 2.24) is 4.90 Å². The second-order valence-corrected chi connectivity index (χ2v) is 7.82. The molecule has 1 N–H and O–H groups in total. The van der Waals surface area contributed by atoms with E-state index < -0.39 is 0 Å². The minimum absolute atomic E-state index is 0.00181. The van der Waals surface area contributed by atoms with Crippen LogP contribution in [0.3, 0.4) is 0 Å². The summed E-state index contributed by atoms with van der Waals surface area (Å²) in [6.45, 7) is 0.